The molecule has 0 atom stereocenters. The molecule has 0 aliphatic rings. The Balaban J connectivity index is 1.57. The van der Waals surface area contributed by atoms with E-state index in [0.717, 1.165) is 21.3 Å². The summed E-state index contributed by atoms with van der Waals surface area (Å²) < 4.78 is 5.17. The molecule has 9 nitrogen and oxygen atoms in total. The minimum atomic E-state index is -0.0754. The number of rotatable bonds is 7. The quantitative estimate of drug-likeness (QED) is 0.472. The number of methoxy groups -OCH3 is 1. The number of hydrogen-bond donors (Lipinski definition) is 1. The van der Waals surface area contributed by atoms with Crippen molar-refractivity contribution in [2.45, 2.75) is 20.0 Å². The summed E-state index contributed by atoms with van der Waals surface area (Å²) in [5.41, 5.74) is 1.78. The number of ether oxygens (including phenoxy) is 1. The fourth-order valence-corrected chi connectivity index (χ4v) is 4.32. The van der Waals surface area contributed by atoms with Gasteiger partial charge in [-0.3, -0.25) is 4.79 Å². The zero-order chi connectivity index (χ0) is 21.8. The molecular formula is C21H21N7O2S. The molecule has 0 aromatic carbocycles. The van der Waals surface area contributed by atoms with Crippen LogP contribution in [0.2, 0.25) is 0 Å². The fourth-order valence-electron chi connectivity index (χ4n) is 3.17. The molecule has 4 aromatic rings. The molecule has 1 amide bonds. The number of pyridine rings is 1. The van der Waals surface area contributed by atoms with Crippen LogP contribution in [0.1, 0.15) is 26.6 Å². The van der Waals surface area contributed by atoms with Gasteiger partial charge in [-0.2, -0.15) is 0 Å². The van der Waals surface area contributed by atoms with Crippen LogP contribution in [0, 0.1) is 6.92 Å². The molecule has 10 heteroatoms. The van der Waals surface area contributed by atoms with Gasteiger partial charge in [-0.05, 0) is 30.2 Å². The number of carbonyl (C=O) groups excluding carboxylic acids is 1. The molecule has 4 aromatic heterocycles. The second-order valence-electron chi connectivity index (χ2n) is 6.84. The number of nitrogens with zero attached hydrogens (tertiary/aromatic N) is 6. The van der Waals surface area contributed by atoms with Crippen molar-refractivity contribution < 1.29 is 9.53 Å². The predicted molar refractivity (Wildman–Crippen MR) is 118 cm³/mol. The summed E-state index contributed by atoms with van der Waals surface area (Å²) >= 11 is 1.36. The summed E-state index contributed by atoms with van der Waals surface area (Å²) in [4.78, 5) is 37.5. The molecular weight excluding hydrogens is 414 g/mol. The van der Waals surface area contributed by atoms with Crippen LogP contribution < -0.4 is 10.1 Å². The van der Waals surface area contributed by atoms with E-state index >= 15 is 0 Å². The first-order valence-corrected chi connectivity index (χ1v) is 10.4. The molecule has 0 fully saturated rings. The van der Waals surface area contributed by atoms with Crippen LogP contribution >= 0.6 is 11.3 Å². The van der Waals surface area contributed by atoms with E-state index in [9.17, 15) is 4.79 Å². The molecule has 4 heterocycles. The van der Waals surface area contributed by atoms with E-state index in [1.165, 1.54) is 17.7 Å². The van der Waals surface area contributed by atoms with Crippen molar-refractivity contribution in [2.24, 2.45) is 0 Å². The molecule has 158 valence electrons. The third kappa shape index (κ3) is 4.43. The number of thiophene rings is 1. The highest BCUT2D eigenvalue weighted by Gasteiger charge is 2.22. The molecule has 0 unspecified atom stereocenters. The SMILES string of the molecule is COc1cc(CN(C)C(=O)c2sc3ncnc(NCc4ncccn4)c3c2C)ccn1. The average Bonchev–Trinajstić information content (AvgIpc) is 3.15. The summed E-state index contributed by atoms with van der Waals surface area (Å²) in [7, 11) is 3.34. The van der Waals surface area contributed by atoms with Crippen molar-refractivity contribution in [3.05, 3.63) is 64.9 Å². The third-order valence-electron chi connectivity index (χ3n) is 4.73. The van der Waals surface area contributed by atoms with Gasteiger partial charge in [-0.25, -0.2) is 24.9 Å². The lowest BCUT2D eigenvalue weighted by Crippen LogP contribution is -2.26. The second-order valence-corrected chi connectivity index (χ2v) is 7.84. The smallest absolute Gasteiger partial charge is 0.264 e. The van der Waals surface area contributed by atoms with E-state index < -0.39 is 0 Å². The maximum atomic E-state index is 13.2. The largest absolute Gasteiger partial charge is 0.481 e. The minimum absolute atomic E-state index is 0.0754. The summed E-state index contributed by atoms with van der Waals surface area (Å²) in [6.07, 6.45) is 6.55. The number of aromatic nitrogens is 5. The molecule has 0 saturated carbocycles. The standard InChI is InChI=1S/C21H21N7O2S/c1-13-17-19(25-10-15-22-6-4-7-23-15)26-12-27-20(17)31-18(13)21(29)28(2)11-14-5-8-24-16(9-14)30-3/h4-9,12H,10-11H2,1-3H3,(H,25,26,27). The Hall–Kier alpha value is -3.66. The van der Waals surface area contributed by atoms with Crippen molar-refractivity contribution in [1.29, 1.82) is 0 Å². The van der Waals surface area contributed by atoms with E-state index in [1.54, 1.807) is 43.7 Å². The average molecular weight is 436 g/mol. The number of fused-ring (bicyclic) bond motifs is 1. The number of hydrogen-bond acceptors (Lipinski definition) is 9. The van der Waals surface area contributed by atoms with Crippen LogP contribution in [0.5, 0.6) is 5.88 Å². The first-order valence-electron chi connectivity index (χ1n) is 9.55. The minimum Gasteiger partial charge on any atom is -0.481 e. The van der Waals surface area contributed by atoms with Gasteiger partial charge in [0.25, 0.3) is 5.91 Å². The first kappa shape index (κ1) is 20.6. The number of amides is 1. The number of carbonyl (C=O) groups is 1. The van der Waals surface area contributed by atoms with Crippen molar-refractivity contribution in [3.8, 4) is 5.88 Å². The maximum absolute atomic E-state index is 13.2. The highest BCUT2D eigenvalue weighted by atomic mass is 32.1. The molecule has 1 N–H and O–H groups in total. The summed E-state index contributed by atoms with van der Waals surface area (Å²) in [6.45, 7) is 2.78. The van der Waals surface area contributed by atoms with Gasteiger partial charge < -0.3 is 15.0 Å². The Morgan fingerprint density at radius 3 is 2.74 bits per heavy atom. The van der Waals surface area contributed by atoms with Gasteiger partial charge in [-0.1, -0.05) is 0 Å². The Kier molecular flexibility index (Phi) is 5.99. The van der Waals surface area contributed by atoms with E-state index in [2.05, 4.69) is 30.2 Å². The van der Waals surface area contributed by atoms with Crippen LogP contribution in [0.15, 0.2) is 43.1 Å². The molecule has 0 aliphatic carbocycles. The Morgan fingerprint density at radius 1 is 1.16 bits per heavy atom. The lowest BCUT2D eigenvalue weighted by Gasteiger charge is -2.17. The van der Waals surface area contributed by atoms with Crippen molar-refractivity contribution in [1.82, 2.24) is 29.8 Å². The maximum Gasteiger partial charge on any atom is 0.264 e. The Morgan fingerprint density at radius 2 is 1.97 bits per heavy atom. The molecule has 31 heavy (non-hydrogen) atoms. The lowest BCUT2D eigenvalue weighted by molar-refractivity contribution is 0.0789. The van der Waals surface area contributed by atoms with Crippen LogP contribution in [0.3, 0.4) is 0 Å². The third-order valence-corrected chi connectivity index (χ3v) is 5.92. The second kappa shape index (κ2) is 9.00. The zero-order valence-corrected chi connectivity index (χ0v) is 18.2. The van der Waals surface area contributed by atoms with Gasteiger partial charge >= 0.3 is 0 Å². The van der Waals surface area contributed by atoms with Crippen LogP contribution in [0.25, 0.3) is 10.2 Å². The zero-order valence-electron chi connectivity index (χ0n) is 17.4. The van der Waals surface area contributed by atoms with Crippen molar-refractivity contribution >= 4 is 33.3 Å². The van der Waals surface area contributed by atoms with E-state index in [1.807, 2.05) is 19.1 Å². The van der Waals surface area contributed by atoms with Crippen LogP contribution in [-0.2, 0) is 13.1 Å². The van der Waals surface area contributed by atoms with Gasteiger partial charge in [0.1, 0.15) is 22.8 Å². The molecule has 4 rings (SSSR count). The molecule has 0 bridgehead atoms. The highest BCUT2D eigenvalue weighted by Crippen LogP contribution is 2.34. The van der Waals surface area contributed by atoms with E-state index in [0.29, 0.717) is 35.5 Å². The summed E-state index contributed by atoms with van der Waals surface area (Å²) in [5.74, 6) is 1.76. The topological polar surface area (TPSA) is 106 Å². The Bertz CT molecular complexity index is 1210. The Labute approximate surface area is 183 Å². The monoisotopic (exact) mass is 435 g/mol. The van der Waals surface area contributed by atoms with Gasteiger partial charge in [0.2, 0.25) is 5.88 Å². The van der Waals surface area contributed by atoms with Gasteiger partial charge in [0.15, 0.2) is 0 Å². The summed E-state index contributed by atoms with van der Waals surface area (Å²) in [5, 5.41) is 4.10. The lowest BCUT2D eigenvalue weighted by atomic mass is 10.2. The van der Waals surface area contributed by atoms with Crippen LogP contribution in [-0.4, -0.2) is 49.9 Å². The van der Waals surface area contributed by atoms with Gasteiger partial charge in [0, 0.05) is 38.2 Å². The molecule has 0 spiro atoms. The summed E-state index contributed by atoms with van der Waals surface area (Å²) in [6, 6.07) is 5.45. The van der Waals surface area contributed by atoms with E-state index in [4.69, 9.17) is 4.74 Å². The van der Waals surface area contributed by atoms with Crippen molar-refractivity contribution in [2.75, 3.05) is 19.5 Å². The first-order chi connectivity index (χ1) is 15.1. The molecule has 0 saturated heterocycles. The number of anilines is 1. The highest BCUT2D eigenvalue weighted by molar-refractivity contribution is 7.20. The number of nitrogens with one attached hydrogen (secondary N) is 1. The molecule has 0 aliphatic heterocycles. The van der Waals surface area contributed by atoms with E-state index in [-0.39, 0.29) is 5.91 Å². The normalized spacial score (nSPS) is 10.8. The van der Waals surface area contributed by atoms with Gasteiger partial charge in [0.05, 0.1) is 23.9 Å². The van der Waals surface area contributed by atoms with Crippen LogP contribution in [0.4, 0.5) is 5.82 Å². The predicted octanol–water partition coefficient (Wildman–Crippen LogP) is 3.08. The van der Waals surface area contributed by atoms with Gasteiger partial charge in [-0.15, -0.1) is 11.3 Å². The van der Waals surface area contributed by atoms with Crippen molar-refractivity contribution in [3.63, 3.8) is 0 Å². The molecule has 0 radical (unpaired) electrons. The number of aryl methyl sites for hydroxylation is 1. The fraction of sp³-hybridized carbons (Fsp3) is 0.238.